The van der Waals surface area contributed by atoms with E-state index in [2.05, 4.69) is 5.10 Å². The van der Waals surface area contributed by atoms with Crippen molar-refractivity contribution in [3.63, 3.8) is 0 Å². The molecule has 0 radical (unpaired) electrons. The van der Waals surface area contributed by atoms with Crippen LogP contribution in [0.15, 0.2) is 24.4 Å². The molecule has 3 rings (SSSR count). The number of rotatable bonds is 1. The van der Waals surface area contributed by atoms with Gasteiger partial charge in [-0.05, 0) is 30.5 Å². The Kier molecular flexibility index (Phi) is 2.65. The summed E-state index contributed by atoms with van der Waals surface area (Å²) in [7, 11) is 0. The third kappa shape index (κ3) is 1.75. The van der Waals surface area contributed by atoms with Crippen molar-refractivity contribution in [2.75, 3.05) is 6.61 Å². The second-order valence-corrected chi connectivity index (χ2v) is 4.62. The molecule has 0 bridgehead atoms. The van der Waals surface area contributed by atoms with Crippen LogP contribution in [0.4, 0.5) is 0 Å². The van der Waals surface area contributed by atoms with Crippen molar-refractivity contribution in [1.29, 1.82) is 0 Å². The molecule has 1 aromatic carbocycles. The Morgan fingerprint density at radius 2 is 2.29 bits per heavy atom. The van der Waals surface area contributed by atoms with Gasteiger partial charge in [-0.1, -0.05) is 23.7 Å². The number of fused-ring (bicyclic) bond motifs is 1. The Balaban J connectivity index is 2.15. The van der Waals surface area contributed by atoms with Crippen molar-refractivity contribution in [3.05, 3.63) is 46.2 Å². The first-order valence-electron chi connectivity index (χ1n) is 5.66. The second kappa shape index (κ2) is 4.17. The molecule has 0 spiro atoms. The highest BCUT2D eigenvalue weighted by Crippen LogP contribution is 2.27. The first-order chi connectivity index (χ1) is 8.27. The van der Waals surface area contributed by atoms with Crippen LogP contribution >= 0.6 is 11.6 Å². The average molecular weight is 249 g/mol. The zero-order valence-corrected chi connectivity index (χ0v) is 10.4. The van der Waals surface area contributed by atoms with E-state index in [0.717, 1.165) is 35.0 Å². The lowest BCUT2D eigenvalue weighted by Crippen LogP contribution is -2.13. The number of aromatic nitrogens is 2. The van der Waals surface area contributed by atoms with Crippen molar-refractivity contribution in [3.8, 4) is 5.69 Å². The summed E-state index contributed by atoms with van der Waals surface area (Å²) >= 11 is 6.33. The molecule has 1 aromatic heterocycles. The van der Waals surface area contributed by atoms with Crippen LogP contribution in [0.5, 0.6) is 0 Å². The van der Waals surface area contributed by atoms with E-state index >= 15 is 0 Å². The van der Waals surface area contributed by atoms with E-state index in [1.54, 1.807) is 0 Å². The van der Waals surface area contributed by atoms with Gasteiger partial charge in [-0.3, -0.25) is 0 Å². The number of hydrogen-bond acceptors (Lipinski definition) is 2. The Bertz CT molecular complexity index is 563. The zero-order chi connectivity index (χ0) is 11.8. The maximum Gasteiger partial charge on any atom is 0.0892 e. The van der Waals surface area contributed by atoms with Gasteiger partial charge in [0.1, 0.15) is 0 Å². The van der Waals surface area contributed by atoms with Gasteiger partial charge in [-0.15, -0.1) is 0 Å². The Labute approximate surface area is 105 Å². The minimum absolute atomic E-state index is 0.611. The van der Waals surface area contributed by atoms with Gasteiger partial charge in [0, 0.05) is 0 Å². The first kappa shape index (κ1) is 10.8. The van der Waals surface area contributed by atoms with Crippen LogP contribution in [0, 0.1) is 6.92 Å². The van der Waals surface area contributed by atoms with Gasteiger partial charge in [0.15, 0.2) is 0 Å². The fourth-order valence-electron chi connectivity index (χ4n) is 2.12. The van der Waals surface area contributed by atoms with Crippen molar-refractivity contribution >= 4 is 11.6 Å². The predicted octanol–water partition coefficient (Wildman–Crippen LogP) is 2.91. The molecular formula is C13H13ClN2O. The standard InChI is InChI=1S/C13H13ClN2O/c1-9-3-2-4-11(13(9)14)16-12-8-17-6-5-10(12)7-15-16/h2-4,7H,5-6,8H2,1H3. The molecule has 0 aliphatic carbocycles. The molecule has 88 valence electrons. The third-order valence-electron chi connectivity index (χ3n) is 3.11. The maximum absolute atomic E-state index is 6.33. The predicted molar refractivity (Wildman–Crippen MR) is 66.7 cm³/mol. The van der Waals surface area contributed by atoms with Crippen LogP contribution in [0.3, 0.4) is 0 Å². The molecule has 0 unspecified atom stereocenters. The van der Waals surface area contributed by atoms with Gasteiger partial charge in [-0.25, -0.2) is 4.68 Å². The van der Waals surface area contributed by atoms with Crippen molar-refractivity contribution < 1.29 is 4.74 Å². The molecule has 0 saturated heterocycles. The second-order valence-electron chi connectivity index (χ2n) is 4.24. The van der Waals surface area contributed by atoms with E-state index in [-0.39, 0.29) is 0 Å². The van der Waals surface area contributed by atoms with Crippen LogP contribution in [0.1, 0.15) is 16.8 Å². The summed E-state index contributed by atoms with van der Waals surface area (Å²) in [4.78, 5) is 0. The van der Waals surface area contributed by atoms with E-state index in [1.165, 1.54) is 5.56 Å². The Hall–Kier alpha value is -1.32. The summed E-state index contributed by atoms with van der Waals surface area (Å²) < 4.78 is 7.38. The molecule has 4 heteroatoms. The highest BCUT2D eigenvalue weighted by atomic mass is 35.5. The highest BCUT2D eigenvalue weighted by molar-refractivity contribution is 6.33. The summed E-state index contributed by atoms with van der Waals surface area (Å²) in [5.41, 5.74) is 4.36. The van der Waals surface area contributed by atoms with Crippen LogP contribution < -0.4 is 0 Å². The maximum atomic E-state index is 6.33. The quantitative estimate of drug-likeness (QED) is 0.776. The number of aryl methyl sites for hydroxylation is 1. The molecule has 0 saturated carbocycles. The van der Waals surface area contributed by atoms with Gasteiger partial charge >= 0.3 is 0 Å². The summed E-state index contributed by atoms with van der Waals surface area (Å²) in [6.45, 7) is 3.39. The Morgan fingerprint density at radius 1 is 1.41 bits per heavy atom. The highest BCUT2D eigenvalue weighted by Gasteiger charge is 2.17. The van der Waals surface area contributed by atoms with Crippen molar-refractivity contribution in [2.24, 2.45) is 0 Å². The van der Waals surface area contributed by atoms with E-state index in [1.807, 2.05) is 36.0 Å². The minimum Gasteiger partial charge on any atom is -0.375 e. The molecule has 0 amide bonds. The van der Waals surface area contributed by atoms with Crippen molar-refractivity contribution in [2.45, 2.75) is 20.0 Å². The molecule has 2 aromatic rings. The van der Waals surface area contributed by atoms with Crippen LogP contribution in [-0.2, 0) is 17.8 Å². The number of benzene rings is 1. The van der Waals surface area contributed by atoms with E-state index in [0.29, 0.717) is 6.61 Å². The molecule has 2 heterocycles. The molecule has 0 atom stereocenters. The van der Waals surface area contributed by atoms with Crippen LogP contribution in [0.25, 0.3) is 5.69 Å². The molecule has 0 N–H and O–H groups in total. The van der Waals surface area contributed by atoms with Gasteiger partial charge < -0.3 is 4.74 Å². The fourth-order valence-corrected chi connectivity index (χ4v) is 2.33. The van der Waals surface area contributed by atoms with Crippen LogP contribution in [-0.4, -0.2) is 16.4 Å². The van der Waals surface area contributed by atoms with Gasteiger partial charge in [-0.2, -0.15) is 5.10 Å². The van der Waals surface area contributed by atoms with Crippen molar-refractivity contribution in [1.82, 2.24) is 9.78 Å². The number of ether oxygens (including phenoxy) is 1. The lowest BCUT2D eigenvalue weighted by molar-refractivity contribution is 0.106. The molecule has 1 aliphatic rings. The van der Waals surface area contributed by atoms with E-state index in [4.69, 9.17) is 16.3 Å². The summed E-state index contributed by atoms with van der Waals surface area (Å²) in [5, 5.41) is 5.18. The summed E-state index contributed by atoms with van der Waals surface area (Å²) in [5.74, 6) is 0. The number of hydrogen-bond donors (Lipinski definition) is 0. The topological polar surface area (TPSA) is 27.1 Å². The summed E-state index contributed by atoms with van der Waals surface area (Å²) in [6, 6.07) is 5.98. The minimum atomic E-state index is 0.611. The lowest BCUT2D eigenvalue weighted by Gasteiger charge is -2.15. The fraction of sp³-hybridized carbons (Fsp3) is 0.308. The largest absolute Gasteiger partial charge is 0.375 e. The molecular weight excluding hydrogens is 236 g/mol. The van der Waals surface area contributed by atoms with E-state index < -0.39 is 0 Å². The van der Waals surface area contributed by atoms with Gasteiger partial charge in [0.25, 0.3) is 0 Å². The van der Waals surface area contributed by atoms with E-state index in [9.17, 15) is 0 Å². The zero-order valence-electron chi connectivity index (χ0n) is 9.61. The SMILES string of the molecule is Cc1cccc(-n2ncc3c2COCC3)c1Cl. The third-order valence-corrected chi connectivity index (χ3v) is 3.60. The van der Waals surface area contributed by atoms with Gasteiger partial charge in [0.2, 0.25) is 0 Å². The normalized spacial score (nSPS) is 14.7. The lowest BCUT2D eigenvalue weighted by atomic mass is 10.1. The smallest absolute Gasteiger partial charge is 0.0892 e. The molecule has 17 heavy (non-hydrogen) atoms. The number of halogens is 1. The average Bonchev–Trinajstić information content (AvgIpc) is 2.77. The Morgan fingerprint density at radius 3 is 3.18 bits per heavy atom. The molecule has 3 nitrogen and oxygen atoms in total. The molecule has 1 aliphatic heterocycles. The summed E-state index contributed by atoms with van der Waals surface area (Å²) in [6.07, 6.45) is 2.84. The van der Waals surface area contributed by atoms with Crippen LogP contribution in [0.2, 0.25) is 5.02 Å². The first-order valence-corrected chi connectivity index (χ1v) is 6.04. The number of nitrogens with zero attached hydrogens (tertiary/aromatic N) is 2. The molecule has 0 fully saturated rings. The monoisotopic (exact) mass is 248 g/mol. The van der Waals surface area contributed by atoms with Gasteiger partial charge in [0.05, 0.1) is 35.8 Å².